The van der Waals surface area contributed by atoms with Crippen molar-refractivity contribution in [2.75, 3.05) is 6.61 Å². The molecule has 28 heavy (non-hydrogen) atoms. The third-order valence-corrected chi connectivity index (χ3v) is 4.59. The summed E-state index contributed by atoms with van der Waals surface area (Å²) in [5.74, 6) is -0.798. The Morgan fingerprint density at radius 3 is 2.61 bits per heavy atom. The molecule has 1 aromatic heterocycles. The molecular weight excluding hydrogens is 363 g/mol. The third-order valence-electron chi connectivity index (χ3n) is 4.59. The molecule has 7 heteroatoms. The number of ether oxygens (including phenoxy) is 1. The van der Waals surface area contributed by atoms with Crippen molar-refractivity contribution >= 4 is 16.9 Å². The second-order valence-corrected chi connectivity index (χ2v) is 6.66. The Kier molecular flexibility index (Phi) is 6.03. The predicted molar refractivity (Wildman–Crippen MR) is 104 cm³/mol. The lowest BCUT2D eigenvalue weighted by atomic mass is 9.98. The van der Waals surface area contributed by atoms with E-state index >= 15 is 0 Å². The normalized spacial score (nSPS) is 12.1. The molecular formula is C21H21FN2O4. The fourth-order valence-corrected chi connectivity index (χ4v) is 3.03. The van der Waals surface area contributed by atoms with Gasteiger partial charge in [-0.05, 0) is 42.2 Å². The molecule has 0 fully saturated rings. The van der Waals surface area contributed by atoms with Crippen molar-refractivity contribution in [3.05, 3.63) is 80.7 Å². The highest BCUT2D eigenvalue weighted by Gasteiger charge is 2.13. The van der Waals surface area contributed by atoms with Gasteiger partial charge in [-0.15, -0.1) is 0 Å². The molecule has 0 aliphatic rings. The Morgan fingerprint density at radius 2 is 1.86 bits per heavy atom. The number of benzene rings is 2. The van der Waals surface area contributed by atoms with Crippen molar-refractivity contribution in [2.24, 2.45) is 0 Å². The van der Waals surface area contributed by atoms with E-state index in [-0.39, 0.29) is 42.8 Å². The largest absolute Gasteiger partial charge is 0.466 e. The maximum Gasteiger partial charge on any atom is 0.328 e. The number of fused-ring (bicyclic) bond motifs is 1. The molecule has 3 rings (SSSR count). The number of aromatic amines is 1. The first-order chi connectivity index (χ1) is 13.5. The number of halogens is 1. The Labute approximate surface area is 160 Å². The van der Waals surface area contributed by atoms with Gasteiger partial charge in [0, 0.05) is 6.54 Å². The Bertz CT molecular complexity index is 1090. The molecule has 2 aromatic carbocycles. The van der Waals surface area contributed by atoms with Crippen LogP contribution in [-0.4, -0.2) is 22.1 Å². The van der Waals surface area contributed by atoms with Gasteiger partial charge in [0.1, 0.15) is 5.82 Å². The number of H-pyrrole nitrogens is 1. The number of aromatic nitrogens is 2. The first-order valence-electron chi connectivity index (χ1n) is 9.08. The number of para-hydroxylation sites is 1. The molecule has 1 unspecified atom stereocenters. The number of esters is 1. The van der Waals surface area contributed by atoms with Crippen LogP contribution < -0.4 is 11.2 Å². The zero-order valence-corrected chi connectivity index (χ0v) is 15.5. The minimum atomic E-state index is -0.486. The van der Waals surface area contributed by atoms with Gasteiger partial charge in [-0.25, -0.2) is 9.18 Å². The van der Waals surface area contributed by atoms with Gasteiger partial charge in [0.15, 0.2) is 0 Å². The third kappa shape index (κ3) is 4.54. The van der Waals surface area contributed by atoms with Gasteiger partial charge in [-0.3, -0.25) is 14.2 Å². The second-order valence-electron chi connectivity index (χ2n) is 6.66. The smallest absolute Gasteiger partial charge is 0.328 e. The molecule has 0 radical (unpaired) electrons. The van der Waals surface area contributed by atoms with Gasteiger partial charge in [0.2, 0.25) is 0 Å². The van der Waals surface area contributed by atoms with Gasteiger partial charge >= 0.3 is 11.7 Å². The minimum Gasteiger partial charge on any atom is -0.466 e. The fourth-order valence-electron chi connectivity index (χ4n) is 3.03. The Morgan fingerprint density at radius 1 is 1.14 bits per heavy atom. The fraction of sp³-hybridized carbons (Fsp3) is 0.286. The van der Waals surface area contributed by atoms with Crippen LogP contribution in [0, 0.1) is 5.82 Å². The van der Waals surface area contributed by atoms with E-state index in [2.05, 4.69) is 4.98 Å². The van der Waals surface area contributed by atoms with E-state index in [1.54, 1.807) is 36.4 Å². The average Bonchev–Trinajstić information content (AvgIpc) is 2.67. The highest BCUT2D eigenvalue weighted by molar-refractivity contribution is 5.76. The average molecular weight is 384 g/mol. The molecule has 0 saturated carbocycles. The molecule has 0 aliphatic heterocycles. The molecule has 1 atom stereocenters. The number of nitrogens with one attached hydrogen (secondary N) is 1. The van der Waals surface area contributed by atoms with Crippen LogP contribution in [-0.2, 0) is 16.1 Å². The van der Waals surface area contributed by atoms with Gasteiger partial charge in [0.05, 0.1) is 23.9 Å². The van der Waals surface area contributed by atoms with Crippen molar-refractivity contribution in [1.82, 2.24) is 9.55 Å². The van der Waals surface area contributed by atoms with Crippen LogP contribution >= 0.6 is 0 Å². The number of rotatable bonds is 7. The van der Waals surface area contributed by atoms with E-state index in [1.807, 2.05) is 6.92 Å². The molecule has 146 valence electrons. The zero-order valence-electron chi connectivity index (χ0n) is 15.5. The van der Waals surface area contributed by atoms with E-state index in [4.69, 9.17) is 4.74 Å². The summed E-state index contributed by atoms with van der Waals surface area (Å²) < 4.78 is 19.3. The van der Waals surface area contributed by atoms with Crippen LogP contribution in [0.25, 0.3) is 10.9 Å². The van der Waals surface area contributed by atoms with Crippen LogP contribution in [0.3, 0.4) is 0 Å². The standard InChI is InChI=1S/C21H21FN2O4/c1-14(15-7-9-16(22)10-8-15)13-19(25)28-12-4-11-24-20(26)17-5-2-3-6-18(17)23-21(24)27/h2-3,5-10,14H,4,11-13H2,1H3,(H,23,27). The monoisotopic (exact) mass is 384 g/mol. The molecule has 0 spiro atoms. The summed E-state index contributed by atoms with van der Waals surface area (Å²) >= 11 is 0. The maximum atomic E-state index is 13.0. The molecule has 1 heterocycles. The van der Waals surface area contributed by atoms with Crippen LogP contribution in [0.15, 0.2) is 58.1 Å². The summed E-state index contributed by atoms with van der Waals surface area (Å²) in [7, 11) is 0. The number of hydrogen-bond donors (Lipinski definition) is 1. The highest BCUT2D eigenvalue weighted by atomic mass is 19.1. The van der Waals surface area contributed by atoms with E-state index in [9.17, 15) is 18.8 Å². The van der Waals surface area contributed by atoms with Crippen LogP contribution in [0.5, 0.6) is 0 Å². The van der Waals surface area contributed by atoms with Gasteiger partial charge in [-0.1, -0.05) is 31.2 Å². The van der Waals surface area contributed by atoms with Crippen LogP contribution in [0.1, 0.15) is 31.2 Å². The first-order valence-corrected chi connectivity index (χ1v) is 9.08. The zero-order chi connectivity index (χ0) is 20.1. The van der Waals surface area contributed by atoms with E-state index in [1.165, 1.54) is 12.1 Å². The lowest BCUT2D eigenvalue weighted by Crippen LogP contribution is -2.35. The topological polar surface area (TPSA) is 81.2 Å². The van der Waals surface area contributed by atoms with Gasteiger partial charge in [-0.2, -0.15) is 0 Å². The Hall–Kier alpha value is -3.22. The van der Waals surface area contributed by atoms with E-state index in [0.717, 1.165) is 10.1 Å². The number of hydrogen-bond acceptors (Lipinski definition) is 4. The van der Waals surface area contributed by atoms with Crippen LogP contribution in [0.2, 0.25) is 0 Å². The molecule has 3 aromatic rings. The molecule has 6 nitrogen and oxygen atoms in total. The molecule has 0 saturated heterocycles. The van der Waals surface area contributed by atoms with Gasteiger partial charge < -0.3 is 9.72 Å². The summed E-state index contributed by atoms with van der Waals surface area (Å²) in [5.41, 5.74) is 0.498. The quantitative estimate of drug-likeness (QED) is 0.502. The lowest BCUT2D eigenvalue weighted by molar-refractivity contribution is -0.144. The number of nitrogens with zero attached hydrogens (tertiary/aromatic N) is 1. The molecule has 1 N–H and O–H groups in total. The summed E-state index contributed by atoms with van der Waals surface area (Å²) in [6, 6.07) is 12.8. The first kappa shape index (κ1) is 19.5. The van der Waals surface area contributed by atoms with E-state index < -0.39 is 5.69 Å². The highest BCUT2D eigenvalue weighted by Crippen LogP contribution is 2.19. The lowest BCUT2D eigenvalue weighted by Gasteiger charge is -2.12. The van der Waals surface area contributed by atoms with Crippen LogP contribution in [0.4, 0.5) is 4.39 Å². The minimum absolute atomic E-state index is 0.0981. The van der Waals surface area contributed by atoms with Gasteiger partial charge in [0.25, 0.3) is 5.56 Å². The molecule has 0 aliphatic carbocycles. The molecule has 0 amide bonds. The number of carbonyl (C=O) groups excluding carboxylic acids is 1. The molecule has 0 bridgehead atoms. The predicted octanol–water partition coefficient (Wildman–Crippen LogP) is 2.96. The van der Waals surface area contributed by atoms with Crippen molar-refractivity contribution < 1.29 is 13.9 Å². The summed E-state index contributed by atoms with van der Waals surface area (Å²) in [6.45, 7) is 2.12. The number of carbonyl (C=O) groups is 1. The Balaban J connectivity index is 1.52. The summed E-state index contributed by atoms with van der Waals surface area (Å²) in [5, 5.41) is 0.437. The summed E-state index contributed by atoms with van der Waals surface area (Å²) in [6.07, 6.45) is 0.514. The summed E-state index contributed by atoms with van der Waals surface area (Å²) in [4.78, 5) is 39.1. The van der Waals surface area contributed by atoms with Crippen molar-refractivity contribution in [3.63, 3.8) is 0 Å². The maximum absolute atomic E-state index is 13.0. The SMILES string of the molecule is CC(CC(=O)OCCCn1c(=O)[nH]c2ccccc2c1=O)c1ccc(F)cc1. The van der Waals surface area contributed by atoms with E-state index in [0.29, 0.717) is 17.3 Å². The van der Waals surface area contributed by atoms with Crippen molar-refractivity contribution in [2.45, 2.75) is 32.2 Å². The second kappa shape index (κ2) is 8.65. The van der Waals surface area contributed by atoms with Crippen molar-refractivity contribution in [3.8, 4) is 0 Å². The van der Waals surface area contributed by atoms with Crippen molar-refractivity contribution in [1.29, 1.82) is 0 Å².